The van der Waals surface area contributed by atoms with E-state index in [4.69, 9.17) is 10.3 Å². The molecule has 2 aromatic carbocycles. The monoisotopic (exact) mass is 239 g/mol. The summed E-state index contributed by atoms with van der Waals surface area (Å²) in [6.45, 7) is 0. The molecule has 0 fully saturated rings. The first-order chi connectivity index (χ1) is 7.41. The maximum Gasteiger partial charge on any atom is 0.297 e. The van der Waals surface area contributed by atoms with Crippen molar-refractivity contribution >= 4 is 26.6 Å². The van der Waals surface area contributed by atoms with E-state index in [2.05, 4.69) is 0 Å². The summed E-state index contributed by atoms with van der Waals surface area (Å²) in [5.74, 6) is -0.0672. The minimum absolute atomic E-state index is 0.0550. The number of hydrogen-bond donors (Lipinski definition) is 3. The van der Waals surface area contributed by atoms with E-state index in [1.54, 1.807) is 0 Å². The van der Waals surface area contributed by atoms with Crippen molar-refractivity contribution in [3.8, 4) is 5.75 Å². The molecule has 0 atom stereocenters. The lowest BCUT2D eigenvalue weighted by Crippen LogP contribution is -2.03. The highest BCUT2D eigenvalue weighted by Gasteiger charge is 2.18. The summed E-state index contributed by atoms with van der Waals surface area (Å²) in [7, 11) is -4.41. The molecule has 6 heteroatoms. The number of rotatable bonds is 1. The number of fused-ring (bicyclic) bond motifs is 1. The molecule has 5 nitrogen and oxygen atoms in total. The number of phenols is 1. The van der Waals surface area contributed by atoms with E-state index in [0.29, 0.717) is 5.39 Å². The summed E-state index contributed by atoms with van der Waals surface area (Å²) in [5, 5.41) is 10.1. The van der Waals surface area contributed by atoms with Gasteiger partial charge in [0.1, 0.15) is 10.6 Å². The predicted octanol–water partition coefficient (Wildman–Crippen LogP) is 1.37. The van der Waals surface area contributed by atoms with E-state index in [9.17, 15) is 13.5 Å². The third-order valence-electron chi connectivity index (χ3n) is 2.28. The minimum atomic E-state index is -4.41. The SMILES string of the molecule is Nc1ccc2c(O)cccc2c1S(=O)(=O)O. The molecule has 0 unspecified atom stereocenters. The molecule has 0 saturated heterocycles. The molecule has 0 aliphatic carbocycles. The lowest BCUT2D eigenvalue weighted by Gasteiger charge is -2.07. The second-order valence-electron chi connectivity index (χ2n) is 3.33. The third-order valence-corrected chi connectivity index (χ3v) is 3.25. The first-order valence-electron chi connectivity index (χ1n) is 4.39. The number of benzene rings is 2. The molecular weight excluding hydrogens is 230 g/mol. The Morgan fingerprint density at radius 1 is 1.06 bits per heavy atom. The van der Waals surface area contributed by atoms with Gasteiger partial charge in [-0.15, -0.1) is 0 Å². The Morgan fingerprint density at radius 3 is 2.38 bits per heavy atom. The molecule has 0 amide bonds. The Hall–Kier alpha value is -1.79. The van der Waals surface area contributed by atoms with Crippen molar-refractivity contribution in [1.29, 1.82) is 0 Å². The maximum absolute atomic E-state index is 11.2. The van der Waals surface area contributed by atoms with Gasteiger partial charge in [0.25, 0.3) is 10.1 Å². The lowest BCUT2D eigenvalue weighted by molar-refractivity contribution is 0.481. The average Bonchev–Trinajstić information content (AvgIpc) is 2.15. The van der Waals surface area contributed by atoms with Crippen molar-refractivity contribution in [3.63, 3.8) is 0 Å². The van der Waals surface area contributed by atoms with Gasteiger partial charge in [0.2, 0.25) is 0 Å². The molecule has 84 valence electrons. The predicted molar refractivity (Wildman–Crippen MR) is 59.8 cm³/mol. The van der Waals surface area contributed by atoms with Crippen molar-refractivity contribution in [3.05, 3.63) is 30.3 Å². The molecule has 0 aromatic heterocycles. The Balaban J connectivity index is 3.03. The van der Waals surface area contributed by atoms with Gasteiger partial charge in [-0.3, -0.25) is 4.55 Å². The fourth-order valence-corrected chi connectivity index (χ4v) is 2.44. The summed E-state index contributed by atoms with van der Waals surface area (Å²) in [6, 6.07) is 7.19. The van der Waals surface area contributed by atoms with Crippen LogP contribution in [0.25, 0.3) is 10.8 Å². The first kappa shape index (κ1) is 10.7. The molecule has 0 heterocycles. The molecule has 0 aliphatic rings. The maximum atomic E-state index is 11.2. The molecule has 0 aliphatic heterocycles. The zero-order valence-electron chi connectivity index (χ0n) is 8.08. The van der Waals surface area contributed by atoms with Crippen molar-refractivity contribution in [1.82, 2.24) is 0 Å². The molecule has 0 radical (unpaired) electrons. The van der Waals surface area contributed by atoms with Gasteiger partial charge < -0.3 is 10.8 Å². The molecule has 2 rings (SSSR count). The van der Waals surface area contributed by atoms with Crippen LogP contribution in [0.5, 0.6) is 5.75 Å². The normalized spacial score (nSPS) is 11.8. The van der Waals surface area contributed by atoms with Crippen LogP contribution in [-0.4, -0.2) is 18.1 Å². The van der Waals surface area contributed by atoms with Crippen LogP contribution in [0.4, 0.5) is 5.69 Å². The van der Waals surface area contributed by atoms with Crippen LogP contribution in [0.2, 0.25) is 0 Å². The van der Waals surface area contributed by atoms with E-state index < -0.39 is 10.1 Å². The average molecular weight is 239 g/mol. The van der Waals surface area contributed by atoms with Crippen molar-refractivity contribution in [2.45, 2.75) is 4.90 Å². The van der Waals surface area contributed by atoms with E-state index in [0.717, 1.165) is 0 Å². The fourth-order valence-electron chi connectivity index (χ4n) is 1.62. The van der Waals surface area contributed by atoms with Crippen LogP contribution >= 0.6 is 0 Å². The van der Waals surface area contributed by atoms with Gasteiger partial charge in [0.05, 0.1) is 5.69 Å². The highest BCUT2D eigenvalue weighted by Crippen LogP contribution is 2.32. The largest absolute Gasteiger partial charge is 0.507 e. The van der Waals surface area contributed by atoms with E-state index in [-0.39, 0.29) is 21.7 Å². The van der Waals surface area contributed by atoms with Crippen LogP contribution in [0, 0.1) is 0 Å². The summed E-state index contributed by atoms with van der Waals surface area (Å²) in [5.41, 5.74) is 5.45. The Morgan fingerprint density at radius 2 is 1.75 bits per heavy atom. The molecule has 0 bridgehead atoms. The molecule has 0 saturated carbocycles. The molecule has 2 aromatic rings. The third kappa shape index (κ3) is 1.58. The van der Waals surface area contributed by atoms with Gasteiger partial charge in [-0.1, -0.05) is 12.1 Å². The van der Waals surface area contributed by atoms with E-state index in [1.807, 2.05) is 0 Å². The summed E-state index contributed by atoms with van der Waals surface area (Å²) in [6.07, 6.45) is 0. The van der Waals surface area contributed by atoms with Gasteiger partial charge in [-0.2, -0.15) is 8.42 Å². The van der Waals surface area contributed by atoms with Gasteiger partial charge >= 0.3 is 0 Å². The fraction of sp³-hybridized carbons (Fsp3) is 0. The minimum Gasteiger partial charge on any atom is -0.507 e. The highest BCUT2D eigenvalue weighted by atomic mass is 32.2. The lowest BCUT2D eigenvalue weighted by atomic mass is 10.1. The standard InChI is InChI=1S/C10H9NO4S/c11-8-5-4-6-7(2-1-3-9(6)12)10(8)16(13,14)15/h1-5,12H,11H2,(H,13,14,15). The number of nitrogen functional groups attached to an aromatic ring is 1. The van der Waals surface area contributed by atoms with Crippen molar-refractivity contribution in [2.24, 2.45) is 0 Å². The zero-order valence-corrected chi connectivity index (χ0v) is 8.90. The summed E-state index contributed by atoms with van der Waals surface area (Å²) >= 11 is 0. The number of phenolic OH excluding ortho intramolecular Hbond substituents is 1. The van der Waals surface area contributed by atoms with Crippen LogP contribution in [-0.2, 0) is 10.1 Å². The van der Waals surface area contributed by atoms with Crippen molar-refractivity contribution in [2.75, 3.05) is 5.73 Å². The summed E-state index contributed by atoms with van der Waals surface area (Å²) in [4.78, 5) is -0.374. The van der Waals surface area contributed by atoms with Crippen LogP contribution in [0.1, 0.15) is 0 Å². The second-order valence-corrected chi connectivity index (χ2v) is 4.69. The van der Waals surface area contributed by atoms with Gasteiger partial charge in [0.15, 0.2) is 0 Å². The smallest absolute Gasteiger partial charge is 0.297 e. The Labute approximate surface area is 91.9 Å². The quantitative estimate of drug-likeness (QED) is 0.515. The number of aromatic hydroxyl groups is 1. The zero-order chi connectivity index (χ0) is 11.9. The molecular formula is C10H9NO4S. The van der Waals surface area contributed by atoms with Crippen LogP contribution in [0.3, 0.4) is 0 Å². The molecule has 4 N–H and O–H groups in total. The first-order valence-corrected chi connectivity index (χ1v) is 5.83. The second kappa shape index (κ2) is 3.36. The van der Waals surface area contributed by atoms with Crippen molar-refractivity contribution < 1.29 is 18.1 Å². The van der Waals surface area contributed by atoms with Crippen LogP contribution < -0.4 is 5.73 Å². The number of hydrogen-bond acceptors (Lipinski definition) is 4. The summed E-state index contributed by atoms with van der Waals surface area (Å²) < 4.78 is 31.4. The number of anilines is 1. The van der Waals surface area contributed by atoms with Gasteiger partial charge in [0, 0.05) is 10.8 Å². The highest BCUT2D eigenvalue weighted by molar-refractivity contribution is 7.86. The van der Waals surface area contributed by atoms with Gasteiger partial charge in [-0.05, 0) is 18.2 Å². The molecule has 0 spiro atoms. The van der Waals surface area contributed by atoms with Crippen LogP contribution in [0.15, 0.2) is 35.2 Å². The van der Waals surface area contributed by atoms with E-state index in [1.165, 1.54) is 30.3 Å². The Bertz CT molecular complexity index is 664. The number of nitrogens with two attached hydrogens (primary N) is 1. The van der Waals surface area contributed by atoms with E-state index >= 15 is 0 Å². The topological polar surface area (TPSA) is 101 Å². The molecule has 16 heavy (non-hydrogen) atoms. The Kier molecular flexibility index (Phi) is 2.25. The van der Waals surface area contributed by atoms with Gasteiger partial charge in [-0.25, -0.2) is 0 Å².